The Kier molecular flexibility index (Phi) is 4.82. The van der Waals surface area contributed by atoms with Gasteiger partial charge in [0.15, 0.2) is 12.4 Å². The Morgan fingerprint density at radius 1 is 1.22 bits per heavy atom. The normalized spacial score (nSPS) is 18.5. The molecule has 2 aromatic rings. The van der Waals surface area contributed by atoms with E-state index in [-0.39, 0.29) is 5.91 Å². The number of nitrogens with zero attached hydrogens (tertiary/aromatic N) is 2. The van der Waals surface area contributed by atoms with Gasteiger partial charge in [-0.1, -0.05) is 30.2 Å². The third-order valence-electron chi connectivity index (χ3n) is 4.32. The number of aromatic nitrogens is 1. The van der Waals surface area contributed by atoms with Gasteiger partial charge in [-0.3, -0.25) is 4.79 Å². The average molecular weight is 331 g/mol. The molecular formula is C18H19ClN2O2. The van der Waals surface area contributed by atoms with E-state index in [9.17, 15) is 10.0 Å². The number of benzene rings is 1. The molecule has 1 atom stereocenters. The van der Waals surface area contributed by atoms with Gasteiger partial charge in [-0.2, -0.15) is 4.73 Å². The average Bonchev–Trinajstić information content (AvgIpc) is 2.81. The summed E-state index contributed by atoms with van der Waals surface area (Å²) in [5, 5.41) is 12.1. The van der Waals surface area contributed by atoms with E-state index >= 15 is 0 Å². The molecule has 23 heavy (non-hydrogen) atoms. The molecule has 0 spiro atoms. The van der Waals surface area contributed by atoms with Crippen molar-refractivity contribution in [3.05, 3.63) is 70.1 Å². The van der Waals surface area contributed by atoms with E-state index in [0.29, 0.717) is 22.8 Å². The fourth-order valence-electron chi connectivity index (χ4n) is 3.10. The highest BCUT2D eigenvalue weighted by Crippen LogP contribution is 2.28. The van der Waals surface area contributed by atoms with Crippen LogP contribution in [0.4, 0.5) is 0 Å². The Balaban J connectivity index is 1.79. The highest BCUT2D eigenvalue weighted by molar-refractivity contribution is 6.30. The van der Waals surface area contributed by atoms with Crippen LogP contribution in [0.1, 0.15) is 41.1 Å². The van der Waals surface area contributed by atoms with E-state index in [1.165, 1.54) is 18.0 Å². The number of carbonyl (C=O) groups excluding carboxylic acids is 1. The van der Waals surface area contributed by atoms with Gasteiger partial charge in [0.05, 0.1) is 0 Å². The van der Waals surface area contributed by atoms with Crippen molar-refractivity contribution in [3.63, 3.8) is 0 Å². The Bertz CT molecular complexity index is 688. The van der Waals surface area contributed by atoms with Crippen LogP contribution in [0.3, 0.4) is 0 Å². The minimum atomic E-state index is -0.0731. The van der Waals surface area contributed by atoms with Crippen LogP contribution in [0.15, 0.2) is 48.8 Å². The lowest BCUT2D eigenvalue weighted by atomic mass is 9.94. The van der Waals surface area contributed by atoms with Crippen molar-refractivity contribution < 1.29 is 9.52 Å². The maximum Gasteiger partial charge on any atom is 0.259 e. The minimum Gasteiger partial charge on any atom is -0.619 e. The molecule has 1 amide bonds. The Hall–Kier alpha value is -2.07. The summed E-state index contributed by atoms with van der Waals surface area (Å²) in [5.41, 5.74) is 1.65. The van der Waals surface area contributed by atoms with Crippen LogP contribution in [0.5, 0.6) is 0 Å². The molecule has 5 heteroatoms. The quantitative estimate of drug-likeness (QED) is 0.626. The van der Waals surface area contributed by atoms with Crippen molar-refractivity contribution in [2.24, 2.45) is 0 Å². The fourth-order valence-corrected chi connectivity index (χ4v) is 3.22. The molecular weight excluding hydrogens is 312 g/mol. The summed E-state index contributed by atoms with van der Waals surface area (Å²) in [6.45, 7) is 1.41. The van der Waals surface area contributed by atoms with Gasteiger partial charge in [-0.05, 0) is 36.6 Å². The number of rotatable bonds is 2. The third-order valence-corrected chi connectivity index (χ3v) is 4.57. The van der Waals surface area contributed by atoms with Gasteiger partial charge in [0.25, 0.3) is 5.91 Å². The van der Waals surface area contributed by atoms with E-state index in [1.54, 1.807) is 12.1 Å². The smallest absolute Gasteiger partial charge is 0.259 e. The highest BCUT2D eigenvalue weighted by Gasteiger charge is 2.24. The zero-order valence-electron chi connectivity index (χ0n) is 12.8. The predicted molar refractivity (Wildman–Crippen MR) is 89.3 cm³/mol. The molecule has 0 radical (unpaired) electrons. The molecule has 1 fully saturated rings. The summed E-state index contributed by atoms with van der Waals surface area (Å²) in [4.78, 5) is 14.6. The molecule has 4 nitrogen and oxygen atoms in total. The Morgan fingerprint density at radius 2 is 2.00 bits per heavy atom. The van der Waals surface area contributed by atoms with Crippen LogP contribution in [0, 0.1) is 5.21 Å². The third kappa shape index (κ3) is 3.82. The van der Waals surface area contributed by atoms with E-state index in [4.69, 9.17) is 11.6 Å². The topological polar surface area (TPSA) is 47.2 Å². The largest absolute Gasteiger partial charge is 0.619 e. The first-order valence-corrected chi connectivity index (χ1v) is 8.25. The fraction of sp³-hybridized carbons (Fsp3) is 0.333. The molecule has 0 saturated carbocycles. The molecule has 1 aromatic heterocycles. The molecule has 0 bridgehead atoms. The van der Waals surface area contributed by atoms with Crippen LogP contribution >= 0.6 is 11.6 Å². The second kappa shape index (κ2) is 7.01. The Labute approximate surface area is 140 Å². The number of likely N-dealkylation sites (tertiary alicyclic amines) is 1. The van der Waals surface area contributed by atoms with E-state index in [2.05, 4.69) is 0 Å². The van der Waals surface area contributed by atoms with Gasteiger partial charge in [-0.15, -0.1) is 0 Å². The second-order valence-corrected chi connectivity index (χ2v) is 6.38. The molecule has 1 aliphatic heterocycles. The zero-order chi connectivity index (χ0) is 16.2. The van der Waals surface area contributed by atoms with Gasteiger partial charge < -0.3 is 10.1 Å². The molecule has 0 N–H and O–H groups in total. The highest BCUT2D eigenvalue weighted by atomic mass is 35.5. The number of amides is 1. The first-order valence-electron chi connectivity index (χ1n) is 7.87. The van der Waals surface area contributed by atoms with Crippen molar-refractivity contribution in [1.82, 2.24) is 4.90 Å². The van der Waals surface area contributed by atoms with Crippen molar-refractivity contribution in [2.45, 2.75) is 25.2 Å². The van der Waals surface area contributed by atoms with Gasteiger partial charge in [0.2, 0.25) is 0 Å². The van der Waals surface area contributed by atoms with Crippen molar-refractivity contribution in [1.29, 1.82) is 0 Å². The van der Waals surface area contributed by atoms with Gasteiger partial charge in [0, 0.05) is 30.1 Å². The predicted octanol–water partition coefficient (Wildman–Crippen LogP) is 3.38. The lowest BCUT2D eigenvalue weighted by Crippen LogP contribution is -2.36. The first-order chi connectivity index (χ1) is 11.1. The molecule has 1 saturated heterocycles. The standard InChI is InChI=1S/C18H19ClN2O2/c19-17-8-6-14(7-9-17)15-4-1-2-10-20(12-15)18(22)16-5-3-11-21(23)13-16/h3,5-9,11,13,15H,1-2,4,10,12H2. The monoisotopic (exact) mass is 330 g/mol. The van der Waals surface area contributed by atoms with Crippen molar-refractivity contribution >= 4 is 17.5 Å². The molecule has 3 rings (SSSR count). The van der Waals surface area contributed by atoms with Crippen LogP contribution in [-0.2, 0) is 0 Å². The van der Waals surface area contributed by atoms with Crippen molar-refractivity contribution in [3.8, 4) is 0 Å². The summed E-state index contributed by atoms with van der Waals surface area (Å²) in [6, 6.07) is 11.2. The van der Waals surface area contributed by atoms with Gasteiger partial charge in [0.1, 0.15) is 5.56 Å². The second-order valence-electron chi connectivity index (χ2n) is 5.95. The van der Waals surface area contributed by atoms with Crippen LogP contribution in [0.2, 0.25) is 5.02 Å². The lowest BCUT2D eigenvalue weighted by Gasteiger charge is -2.24. The first kappa shape index (κ1) is 15.8. The summed E-state index contributed by atoms with van der Waals surface area (Å²) in [7, 11) is 0. The van der Waals surface area contributed by atoms with Gasteiger partial charge >= 0.3 is 0 Å². The van der Waals surface area contributed by atoms with E-state index in [1.807, 2.05) is 29.2 Å². The summed E-state index contributed by atoms with van der Waals surface area (Å²) in [6.07, 6.45) is 5.86. The number of hydrogen-bond acceptors (Lipinski definition) is 2. The number of carbonyl (C=O) groups is 1. The van der Waals surface area contributed by atoms with E-state index in [0.717, 1.165) is 30.8 Å². The zero-order valence-corrected chi connectivity index (χ0v) is 13.6. The maximum absolute atomic E-state index is 12.7. The lowest BCUT2D eigenvalue weighted by molar-refractivity contribution is -0.605. The Morgan fingerprint density at radius 3 is 2.74 bits per heavy atom. The van der Waals surface area contributed by atoms with Gasteiger partial charge in [-0.25, -0.2) is 0 Å². The molecule has 1 unspecified atom stereocenters. The SMILES string of the molecule is O=C(c1ccc[n+]([O-])c1)N1CCCCC(c2ccc(Cl)cc2)C1. The molecule has 0 aliphatic carbocycles. The summed E-state index contributed by atoms with van der Waals surface area (Å²) >= 11 is 5.96. The molecule has 1 aliphatic rings. The maximum atomic E-state index is 12.7. The minimum absolute atomic E-state index is 0.0731. The molecule has 120 valence electrons. The van der Waals surface area contributed by atoms with Crippen LogP contribution < -0.4 is 4.73 Å². The van der Waals surface area contributed by atoms with E-state index < -0.39 is 0 Å². The van der Waals surface area contributed by atoms with Crippen molar-refractivity contribution in [2.75, 3.05) is 13.1 Å². The van der Waals surface area contributed by atoms with Crippen LogP contribution in [0.25, 0.3) is 0 Å². The number of hydrogen-bond donors (Lipinski definition) is 0. The summed E-state index contributed by atoms with van der Waals surface area (Å²) in [5.74, 6) is 0.234. The van der Waals surface area contributed by atoms with Crippen LogP contribution in [-0.4, -0.2) is 23.9 Å². The summed E-state index contributed by atoms with van der Waals surface area (Å²) < 4.78 is 0.668. The number of halogens is 1. The number of pyridine rings is 1. The molecule has 1 aromatic carbocycles. The molecule has 2 heterocycles.